The number of hydrogen-bond donors (Lipinski definition) is 0. The molecule has 0 bridgehead atoms. The molecule has 0 saturated heterocycles. The number of rotatable bonds is 3. The van der Waals surface area contributed by atoms with Crippen LogP contribution < -0.4 is 4.25 Å². The summed E-state index contributed by atoms with van der Waals surface area (Å²) < 4.78 is 12.0. The van der Waals surface area contributed by atoms with E-state index in [1.165, 1.54) is 0 Å². The Balaban J connectivity index is 2.53. The standard InChI is InChI=1S/C13H15NOP/c1-14(16-15,12-8-4-2-5-9-12)13-10-6-3-7-11-13/h2-11H,16H2,1H3/q+1. The maximum absolute atomic E-state index is 11.6. The van der Waals surface area contributed by atoms with Crippen LogP contribution in [0.4, 0.5) is 11.4 Å². The summed E-state index contributed by atoms with van der Waals surface area (Å²) in [6.45, 7) is 0. The number of hydrogen-bond acceptors (Lipinski definition) is 1. The van der Waals surface area contributed by atoms with Crippen LogP contribution in [-0.4, -0.2) is 7.05 Å². The Morgan fingerprint density at radius 3 is 1.50 bits per heavy atom. The van der Waals surface area contributed by atoms with Crippen molar-refractivity contribution in [3.05, 3.63) is 60.7 Å². The van der Waals surface area contributed by atoms with Crippen molar-refractivity contribution in [1.29, 1.82) is 0 Å². The molecule has 2 rings (SSSR count). The molecule has 2 nitrogen and oxygen atoms in total. The van der Waals surface area contributed by atoms with Crippen molar-refractivity contribution in [3.8, 4) is 0 Å². The Morgan fingerprint density at radius 2 is 1.19 bits per heavy atom. The summed E-state index contributed by atoms with van der Waals surface area (Å²) in [4.78, 5) is 0. The molecule has 0 N–H and O–H groups in total. The van der Waals surface area contributed by atoms with Gasteiger partial charge in [0.15, 0.2) is 0 Å². The van der Waals surface area contributed by atoms with E-state index in [0.29, 0.717) is 4.25 Å². The molecule has 1 unspecified atom stereocenters. The van der Waals surface area contributed by atoms with Crippen LogP contribution in [0.5, 0.6) is 0 Å². The lowest BCUT2D eigenvalue weighted by Crippen LogP contribution is -2.27. The summed E-state index contributed by atoms with van der Waals surface area (Å²) in [5.74, 6) is 0. The van der Waals surface area contributed by atoms with E-state index in [9.17, 15) is 4.57 Å². The average molecular weight is 232 g/mol. The van der Waals surface area contributed by atoms with E-state index in [2.05, 4.69) is 0 Å². The topological polar surface area (TPSA) is 17.1 Å². The number of para-hydroxylation sites is 2. The molecule has 0 amide bonds. The lowest BCUT2D eigenvalue weighted by Gasteiger charge is -2.27. The molecule has 2 aromatic carbocycles. The molecule has 2 aromatic rings. The molecule has 0 radical (unpaired) electrons. The fraction of sp³-hybridized carbons (Fsp3) is 0.0769. The van der Waals surface area contributed by atoms with Crippen molar-refractivity contribution < 1.29 is 4.57 Å². The fourth-order valence-electron chi connectivity index (χ4n) is 1.75. The Kier molecular flexibility index (Phi) is 3.23. The maximum atomic E-state index is 11.6. The Bertz CT molecular complexity index is 430. The highest BCUT2D eigenvalue weighted by atomic mass is 31.1. The van der Waals surface area contributed by atoms with Crippen LogP contribution in [0.1, 0.15) is 0 Å². The third-order valence-electron chi connectivity index (χ3n) is 2.80. The van der Waals surface area contributed by atoms with Crippen LogP contribution in [0.3, 0.4) is 0 Å². The third kappa shape index (κ3) is 1.95. The summed E-state index contributed by atoms with van der Waals surface area (Å²) in [6, 6.07) is 19.9. The normalized spacial score (nSPS) is 12.1. The van der Waals surface area contributed by atoms with Crippen molar-refractivity contribution in [2.45, 2.75) is 0 Å². The average Bonchev–Trinajstić information content (AvgIpc) is 2.40. The van der Waals surface area contributed by atoms with E-state index in [4.69, 9.17) is 0 Å². The quantitative estimate of drug-likeness (QED) is 0.738. The molecule has 0 fully saturated rings. The number of nitrogens with zero attached hydrogens (tertiary/aromatic N) is 1. The Labute approximate surface area is 97.0 Å². The lowest BCUT2D eigenvalue weighted by molar-refractivity contribution is 0.564. The summed E-state index contributed by atoms with van der Waals surface area (Å²) in [5.41, 5.74) is 2.11. The molecule has 1 atom stereocenters. The van der Waals surface area contributed by atoms with Crippen LogP contribution in [0.25, 0.3) is 0 Å². The van der Waals surface area contributed by atoms with Crippen molar-refractivity contribution >= 4 is 20.0 Å². The van der Waals surface area contributed by atoms with Crippen LogP contribution in [0, 0.1) is 0 Å². The fourth-order valence-corrected chi connectivity index (χ4v) is 2.33. The molecule has 0 aliphatic heterocycles. The minimum Gasteiger partial charge on any atom is -0.263 e. The van der Waals surface area contributed by atoms with Gasteiger partial charge in [-0.2, -0.15) is 0 Å². The van der Waals surface area contributed by atoms with E-state index in [0.717, 1.165) is 11.4 Å². The summed E-state index contributed by atoms with van der Waals surface area (Å²) in [7, 11) is 1.01. The van der Waals surface area contributed by atoms with E-state index in [1.807, 2.05) is 67.7 Å². The molecule has 0 saturated carbocycles. The van der Waals surface area contributed by atoms with Gasteiger partial charge in [-0.05, 0) is 24.3 Å². The van der Waals surface area contributed by atoms with Crippen LogP contribution in [0.2, 0.25) is 0 Å². The third-order valence-corrected chi connectivity index (χ3v) is 3.81. The SMILES string of the molecule is C[N+]([PH2]=O)(c1ccccc1)c1ccccc1. The molecule has 3 heteroatoms. The minimum absolute atomic E-state index is 0.377. The number of quaternary nitrogens is 1. The monoisotopic (exact) mass is 232 g/mol. The Hall–Kier alpha value is -1.37. The maximum Gasteiger partial charge on any atom is 0.236 e. The first kappa shape index (κ1) is 11.1. The van der Waals surface area contributed by atoms with Gasteiger partial charge in [0.1, 0.15) is 11.4 Å². The second kappa shape index (κ2) is 4.65. The van der Waals surface area contributed by atoms with Crippen LogP contribution in [0.15, 0.2) is 60.7 Å². The lowest BCUT2D eigenvalue weighted by atomic mass is 10.2. The first-order valence-corrected chi connectivity index (χ1v) is 6.20. The van der Waals surface area contributed by atoms with Crippen molar-refractivity contribution in [1.82, 2.24) is 4.25 Å². The molecule has 16 heavy (non-hydrogen) atoms. The Morgan fingerprint density at radius 1 is 0.812 bits per heavy atom. The molecule has 82 valence electrons. The van der Waals surface area contributed by atoms with Crippen LogP contribution >= 0.6 is 8.61 Å². The zero-order chi connectivity index (χ0) is 11.4. The van der Waals surface area contributed by atoms with Gasteiger partial charge in [-0.25, -0.2) is 4.25 Å². The predicted molar refractivity (Wildman–Crippen MR) is 70.7 cm³/mol. The minimum atomic E-state index is -0.967. The molecular formula is C13H15NOP+. The first-order chi connectivity index (χ1) is 7.77. The highest BCUT2D eigenvalue weighted by molar-refractivity contribution is 7.24. The summed E-state index contributed by atoms with van der Waals surface area (Å²) in [5, 5.41) is 0. The molecule has 0 aliphatic carbocycles. The van der Waals surface area contributed by atoms with Crippen LogP contribution in [-0.2, 0) is 4.57 Å². The van der Waals surface area contributed by atoms with Gasteiger partial charge in [-0.15, -0.1) is 0 Å². The molecule has 0 spiro atoms. The van der Waals surface area contributed by atoms with Crippen molar-refractivity contribution in [2.24, 2.45) is 0 Å². The van der Waals surface area contributed by atoms with E-state index < -0.39 is 8.61 Å². The van der Waals surface area contributed by atoms with Gasteiger partial charge < -0.3 is 0 Å². The molecular weight excluding hydrogens is 217 g/mol. The molecule has 0 aliphatic rings. The summed E-state index contributed by atoms with van der Waals surface area (Å²) >= 11 is 0. The van der Waals surface area contributed by atoms with Gasteiger partial charge in [-0.1, -0.05) is 36.4 Å². The van der Waals surface area contributed by atoms with Gasteiger partial charge in [-0.3, -0.25) is 4.57 Å². The zero-order valence-electron chi connectivity index (χ0n) is 9.21. The van der Waals surface area contributed by atoms with E-state index in [1.54, 1.807) is 0 Å². The predicted octanol–water partition coefficient (Wildman–Crippen LogP) is 3.63. The van der Waals surface area contributed by atoms with Crippen molar-refractivity contribution in [2.75, 3.05) is 7.05 Å². The first-order valence-electron chi connectivity index (χ1n) is 5.21. The largest absolute Gasteiger partial charge is 0.263 e. The second-order valence-electron chi connectivity index (χ2n) is 3.85. The molecule has 0 aromatic heterocycles. The van der Waals surface area contributed by atoms with Gasteiger partial charge in [0.2, 0.25) is 8.61 Å². The van der Waals surface area contributed by atoms with Gasteiger partial charge in [0, 0.05) is 0 Å². The van der Waals surface area contributed by atoms with Crippen molar-refractivity contribution in [3.63, 3.8) is 0 Å². The molecule has 0 heterocycles. The highest BCUT2D eigenvalue weighted by Crippen LogP contribution is 2.38. The van der Waals surface area contributed by atoms with Gasteiger partial charge >= 0.3 is 0 Å². The zero-order valence-corrected chi connectivity index (χ0v) is 10.4. The van der Waals surface area contributed by atoms with Gasteiger partial charge in [0.25, 0.3) is 0 Å². The second-order valence-corrected chi connectivity index (χ2v) is 5.10. The van der Waals surface area contributed by atoms with E-state index >= 15 is 0 Å². The summed E-state index contributed by atoms with van der Waals surface area (Å²) in [6.07, 6.45) is 0. The smallest absolute Gasteiger partial charge is 0.236 e. The number of benzene rings is 2. The highest BCUT2D eigenvalue weighted by Gasteiger charge is 2.25. The van der Waals surface area contributed by atoms with Gasteiger partial charge in [0.05, 0.1) is 7.05 Å². The van der Waals surface area contributed by atoms with E-state index in [-0.39, 0.29) is 0 Å².